The molecular formula is C53H102O6. The molecule has 350 valence electrons. The molecule has 0 heterocycles. The Hall–Kier alpha value is -1.59. The van der Waals surface area contributed by atoms with Crippen molar-refractivity contribution < 1.29 is 28.6 Å². The van der Waals surface area contributed by atoms with Gasteiger partial charge in [-0.2, -0.15) is 0 Å². The van der Waals surface area contributed by atoms with Crippen LogP contribution in [-0.2, 0) is 28.6 Å². The van der Waals surface area contributed by atoms with Gasteiger partial charge < -0.3 is 14.2 Å². The molecule has 0 aliphatic carbocycles. The van der Waals surface area contributed by atoms with Crippen molar-refractivity contribution in [1.82, 2.24) is 0 Å². The Morgan fingerprint density at radius 1 is 0.322 bits per heavy atom. The van der Waals surface area contributed by atoms with Gasteiger partial charge >= 0.3 is 17.9 Å². The average Bonchev–Trinajstić information content (AvgIpc) is 3.20. The van der Waals surface area contributed by atoms with Crippen LogP contribution in [0.1, 0.15) is 291 Å². The normalized spacial score (nSPS) is 12.1. The zero-order valence-corrected chi connectivity index (χ0v) is 40.4. The fraction of sp³-hybridized carbons (Fsp3) is 0.943. The lowest BCUT2D eigenvalue weighted by Crippen LogP contribution is -2.30. The third-order valence-electron chi connectivity index (χ3n) is 12.0. The second-order valence-electron chi connectivity index (χ2n) is 19.1. The molecule has 6 heteroatoms. The van der Waals surface area contributed by atoms with Gasteiger partial charge in [0.2, 0.25) is 0 Å². The number of rotatable bonds is 47. The Labute approximate surface area is 368 Å². The Balaban J connectivity index is 4.15. The zero-order chi connectivity index (χ0) is 43.3. The molecule has 0 spiro atoms. The highest BCUT2D eigenvalue weighted by Gasteiger charge is 2.19. The SMILES string of the molecule is CCCCCCCCCCCCCC(=O)OC[C@H](COC(=O)CCCCCCCCCCCCCCCCCCCCC(C)C)OC(=O)CCCCCCCCC(C)C. The summed E-state index contributed by atoms with van der Waals surface area (Å²) < 4.78 is 16.8. The lowest BCUT2D eigenvalue weighted by molar-refractivity contribution is -0.167. The van der Waals surface area contributed by atoms with Gasteiger partial charge in [0.15, 0.2) is 6.10 Å². The van der Waals surface area contributed by atoms with E-state index in [4.69, 9.17) is 14.2 Å². The van der Waals surface area contributed by atoms with Crippen LogP contribution < -0.4 is 0 Å². The Morgan fingerprint density at radius 2 is 0.559 bits per heavy atom. The summed E-state index contributed by atoms with van der Waals surface area (Å²) in [5, 5.41) is 0. The zero-order valence-electron chi connectivity index (χ0n) is 40.4. The molecule has 6 nitrogen and oxygen atoms in total. The smallest absolute Gasteiger partial charge is 0.306 e. The lowest BCUT2D eigenvalue weighted by atomic mass is 10.0. The van der Waals surface area contributed by atoms with Crippen molar-refractivity contribution in [3.05, 3.63) is 0 Å². The summed E-state index contributed by atoms with van der Waals surface area (Å²) in [6, 6.07) is 0. The molecule has 0 bridgehead atoms. The summed E-state index contributed by atoms with van der Waals surface area (Å²) in [5.74, 6) is 0.764. The standard InChI is InChI=1S/C53H102O6/c1-6-7-8-9-10-11-20-24-27-33-38-43-51(54)57-46-50(59-53(56)45-40-35-30-29-32-37-42-49(4)5)47-58-52(55)44-39-34-28-25-22-19-17-15-13-12-14-16-18-21-23-26-31-36-41-48(2)3/h48-50H,6-47H2,1-5H3/t50-/m1/s1. The van der Waals surface area contributed by atoms with Crippen molar-refractivity contribution in [2.45, 2.75) is 298 Å². The topological polar surface area (TPSA) is 78.9 Å². The summed E-state index contributed by atoms with van der Waals surface area (Å²) in [6.07, 6.45) is 46.8. The summed E-state index contributed by atoms with van der Waals surface area (Å²) in [4.78, 5) is 37.8. The molecule has 0 aromatic carbocycles. The average molecular weight is 835 g/mol. The second kappa shape index (κ2) is 45.9. The molecule has 0 N–H and O–H groups in total. The number of carbonyl (C=O) groups is 3. The van der Waals surface area contributed by atoms with E-state index in [0.717, 1.165) is 69.6 Å². The van der Waals surface area contributed by atoms with Gasteiger partial charge in [0.1, 0.15) is 13.2 Å². The van der Waals surface area contributed by atoms with Crippen molar-refractivity contribution in [1.29, 1.82) is 0 Å². The summed E-state index contributed by atoms with van der Waals surface area (Å²) in [6.45, 7) is 11.3. The summed E-state index contributed by atoms with van der Waals surface area (Å²) in [7, 11) is 0. The molecular weight excluding hydrogens is 733 g/mol. The molecule has 0 aliphatic heterocycles. The number of esters is 3. The van der Waals surface area contributed by atoms with E-state index >= 15 is 0 Å². The van der Waals surface area contributed by atoms with E-state index in [2.05, 4.69) is 34.6 Å². The number of carbonyl (C=O) groups excluding carboxylic acids is 3. The summed E-state index contributed by atoms with van der Waals surface area (Å²) >= 11 is 0. The third kappa shape index (κ3) is 47.3. The van der Waals surface area contributed by atoms with Gasteiger partial charge in [0.25, 0.3) is 0 Å². The van der Waals surface area contributed by atoms with E-state index in [1.807, 2.05) is 0 Å². The molecule has 0 unspecified atom stereocenters. The molecule has 0 aromatic heterocycles. The Kier molecular flexibility index (Phi) is 44.7. The molecule has 1 atom stereocenters. The number of unbranched alkanes of at least 4 members (excludes halogenated alkanes) is 32. The van der Waals surface area contributed by atoms with Crippen molar-refractivity contribution in [3.63, 3.8) is 0 Å². The van der Waals surface area contributed by atoms with Gasteiger partial charge in [-0.05, 0) is 31.1 Å². The van der Waals surface area contributed by atoms with Crippen LogP contribution in [-0.4, -0.2) is 37.2 Å². The lowest BCUT2D eigenvalue weighted by Gasteiger charge is -2.18. The maximum absolute atomic E-state index is 12.7. The first kappa shape index (κ1) is 57.4. The molecule has 0 aromatic rings. The fourth-order valence-corrected chi connectivity index (χ4v) is 7.99. The Morgan fingerprint density at radius 3 is 0.831 bits per heavy atom. The van der Waals surface area contributed by atoms with Crippen LogP contribution >= 0.6 is 0 Å². The van der Waals surface area contributed by atoms with E-state index in [1.54, 1.807) is 0 Å². The van der Waals surface area contributed by atoms with Crippen LogP contribution in [0.4, 0.5) is 0 Å². The number of ether oxygens (including phenoxy) is 3. The molecule has 0 fully saturated rings. The largest absolute Gasteiger partial charge is 0.462 e. The minimum Gasteiger partial charge on any atom is -0.462 e. The third-order valence-corrected chi connectivity index (χ3v) is 12.0. The molecule has 0 amide bonds. The molecule has 0 aliphatic rings. The molecule has 0 radical (unpaired) electrons. The second-order valence-corrected chi connectivity index (χ2v) is 19.1. The molecule has 0 rings (SSSR count). The minimum atomic E-state index is -0.761. The van der Waals surface area contributed by atoms with Crippen LogP contribution in [0.5, 0.6) is 0 Å². The van der Waals surface area contributed by atoms with Crippen LogP contribution in [0.2, 0.25) is 0 Å². The molecule has 59 heavy (non-hydrogen) atoms. The molecule has 0 saturated heterocycles. The predicted molar refractivity (Wildman–Crippen MR) is 252 cm³/mol. The first-order valence-corrected chi connectivity index (χ1v) is 26.2. The van der Waals surface area contributed by atoms with Crippen LogP contribution in [0.15, 0.2) is 0 Å². The van der Waals surface area contributed by atoms with Gasteiger partial charge in [-0.3, -0.25) is 14.4 Å². The predicted octanol–water partition coefficient (Wildman–Crippen LogP) is 16.9. The van der Waals surface area contributed by atoms with Gasteiger partial charge in [-0.15, -0.1) is 0 Å². The number of hydrogen-bond acceptors (Lipinski definition) is 6. The molecule has 0 saturated carbocycles. The van der Waals surface area contributed by atoms with Crippen molar-refractivity contribution >= 4 is 17.9 Å². The van der Waals surface area contributed by atoms with Crippen molar-refractivity contribution in [2.24, 2.45) is 11.8 Å². The van der Waals surface area contributed by atoms with Crippen LogP contribution in [0, 0.1) is 11.8 Å². The van der Waals surface area contributed by atoms with Crippen LogP contribution in [0.25, 0.3) is 0 Å². The first-order chi connectivity index (χ1) is 28.7. The fourth-order valence-electron chi connectivity index (χ4n) is 7.99. The van der Waals surface area contributed by atoms with Crippen LogP contribution in [0.3, 0.4) is 0 Å². The highest BCUT2D eigenvalue weighted by atomic mass is 16.6. The van der Waals surface area contributed by atoms with Gasteiger partial charge in [0, 0.05) is 19.3 Å². The van der Waals surface area contributed by atoms with E-state index in [1.165, 1.54) is 180 Å². The van der Waals surface area contributed by atoms with Crippen molar-refractivity contribution in [3.8, 4) is 0 Å². The maximum atomic E-state index is 12.7. The van der Waals surface area contributed by atoms with E-state index in [9.17, 15) is 14.4 Å². The minimum absolute atomic E-state index is 0.0647. The first-order valence-electron chi connectivity index (χ1n) is 26.2. The van der Waals surface area contributed by atoms with Gasteiger partial charge in [0.05, 0.1) is 0 Å². The monoisotopic (exact) mass is 835 g/mol. The van der Waals surface area contributed by atoms with E-state index in [-0.39, 0.29) is 31.1 Å². The van der Waals surface area contributed by atoms with Gasteiger partial charge in [-0.1, -0.05) is 253 Å². The quantitative estimate of drug-likeness (QED) is 0.0345. The van der Waals surface area contributed by atoms with Gasteiger partial charge in [-0.25, -0.2) is 0 Å². The summed E-state index contributed by atoms with van der Waals surface area (Å²) in [5.41, 5.74) is 0. The Bertz CT molecular complexity index is 900. The highest BCUT2D eigenvalue weighted by Crippen LogP contribution is 2.17. The maximum Gasteiger partial charge on any atom is 0.306 e. The highest BCUT2D eigenvalue weighted by molar-refractivity contribution is 5.71. The van der Waals surface area contributed by atoms with E-state index < -0.39 is 6.10 Å². The van der Waals surface area contributed by atoms with E-state index in [0.29, 0.717) is 19.3 Å². The van der Waals surface area contributed by atoms with Crippen molar-refractivity contribution in [2.75, 3.05) is 13.2 Å². The number of hydrogen-bond donors (Lipinski definition) is 0.